The highest BCUT2D eigenvalue weighted by Gasteiger charge is 2.04. The number of benzene rings is 1. The summed E-state index contributed by atoms with van der Waals surface area (Å²) in [6.45, 7) is 2.84. The van der Waals surface area contributed by atoms with Gasteiger partial charge in [-0.25, -0.2) is 5.01 Å². The first kappa shape index (κ1) is 11.0. The van der Waals surface area contributed by atoms with Crippen molar-refractivity contribution in [2.75, 3.05) is 14.2 Å². The maximum absolute atomic E-state index is 5.62. The third-order valence-corrected chi connectivity index (χ3v) is 2.17. The van der Waals surface area contributed by atoms with Crippen molar-refractivity contribution in [3.63, 3.8) is 0 Å². The zero-order valence-electron chi connectivity index (χ0n) is 9.08. The van der Waals surface area contributed by atoms with E-state index in [2.05, 4.69) is 19.1 Å². The summed E-state index contributed by atoms with van der Waals surface area (Å²) in [6, 6.07) is 6.22. The molecule has 0 atom stereocenters. The molecule has 78 valence electrons. The van der Waals surface area contributed by atoms with Gasteiger partial charge in [0.2, 0.25) is 0 Å². The SMILES string of the molecule is CCc1ccc(OC)c(CN(C)N)c1. The molecule has 0 aromatic heterocycles. The number of nitrogens with zero attached hydrogens (tertiary/aromatic N) is 1. The molecule has 0 aliphatic heterocycles. The van der Waals surface area contributed by atoms with Crippen LogP contribution in [0.1, 0.15) is 18.1 Å². The molecule has 1 rings (SSSR count). The molecule has 0 saturated heterocycles. The lowest BCUT2D eigenvalue weighted by molar-refractivity contribution is 0.329. The van der Waals surface area contributed by atoms with Crippen LogP contribution >= 0.6 is 0 Å². The summed E-state index contributed by atoms with van der Waals surface area (Å²) in [5, 5.41) is 1.65. The van der Waals surface area contributed by atoms with E-state index in [1.807, 2.05) is 13.1 Å². The van der Waals surface area contributed by atoms with Crippen LogP contribution < -0.4 is 10.6 Å². The molecule has 3 heteroatoms. The number of rotatable bonds is 4. The molecular formula is C11H18N2O. The number of ether oxygens (including phenoxy) is 1. The Bertz CT molecular complexity index is 297. The van der Waals surface area contributed by atoms with Crippen LogP contribution in [0.5, 0.6) is 5.75 Å². The van der Waals surface area contributed by atoms with Gasteiger partial charge in [0.15, 0.2) is 0 Å². The minimum absolute atomic E-state index is 0.705. The fourth-order valence-electron chi connectivity index (χ4n) is 1.44. The van der Waals surface area contributed by atoms with E-state index in [9.17, 15) is 0 Å². The number of hydrogen-bond acceptors (Lipinski definition) is 3. The predicted octanol–water partition coefficient (Wildman–Crippen LogP) is 1.56. The smallest absolute Gasteiger partial charge is 0.123 e. The normalized spacial score (nSPS) is 10.6. The first-order valence-electron chi connectivity index (χ1n) is 4.79. The molecule has 0 fully saturated rings. The first-order valence-corrected chi connectivity index (χ1v) is 4.79. The molecule has 0 aliphatic rings. The molecule has 0 heterocycles. The number of aryl methyl sites for hydroxylation is 1. The summed E-state index contributed by atoms with van der Waals surface area (Å²) in [5.74, 6) is 6.52. The van der Waals surface area contributed by atoms with Crippen LogP contribution in [0.3, 0.4) is 0 Å². The Kier molecular flexibility index (Phi) is 3.92. The Labute approximate surface area is 85.4 Å². The lowest BCUT2D eigenvalue weighted by atomic mass is 10.1. The van der Waals surface area contributed by atoms with Gasteiger partial charge in [-0.1, -0.05) is 19.1 Å². The van der Waals surface area contributed by atoms with Crippen molar-refractivity contribution in [2.24, 2.45) is 5.84 Å². The van der Waals surface area contributed by atoms with Crippen LogP contribution in [-0.2, 0) is 13.0 Å². The molecule has 2 N–H and O–H groups in total. The molecule has 0 unspecified atom stereocenters. The standard InChI is InChI=1S/C11H18N2O/c1-4-9-5-6-11(14-3)10(7-9)8-13(2)12/h5-7H,4,8,12H2,1-3H3. The van der Waals surface area contributed by atoms with Gasteiger partial charge >= 0.3 is 0 Å². The molecule has 0 amide bonds. The van der Waals surface area contributed by atoms with E-state index in [1.54, 1.807) is 12.1 Å². The predicted molar refractivity (Wildman–Crippen MR) is 58.0 cm³/mol. The maximum Gasteiger partial charge on any atom is 0.123 e. The molecule has 0 saturated carbocycles. The molecular weight excluding hydrogens is 176 g/mol. The van der Waals surface area contributed by atoms with E-state index in [1.165, 1.54) is 5.56 Å². The van der Waals surface area contributed by atoms with Crippen LogP contribution in [-0.4, -0.2) is 19.2 Å². The Morgan fingerprint density at radius 2 is 2.14 bits per heavy atom. The van der Waals surface area contributed by atoms with E-state index in [0.29, 0.717) is 6.54 Å². The van der Waals surface area contributed by atoms with Crippen LogP contribution in [0, 0.1) is 0 Å². The third kappa shape index (κ3) is 2.72. The lowest BCUT2D eigenvalue weighted by Crippen LogP contribution is -2.25. The van der Waals surface area contributed by atoms with Crippen molar-refractivity contribution in [1.29, 1.82) is 0 Å². The fraction of sp³-hybridized carbons (Fsp3) is 0.455. The second-order valence-electron chi connectivity index (χ2n) is 3.41. The topological polar surface area (TPSA) is 38.5 Å². The highest BCUT2D eigenvalue weighted by atomic mass is 16.5. The van der Waals surface area contributed by atoms with Gasteiger partial charge < -0.3 is 4.74 Å². The van der Waals surface area contributed by atoms with Crippen LogP contribution in [0.2, 0.25) is 0 Å². The van der Waals surface area contributed by atoms with Gasteiger partial charge in [-0.05, 0) is 18.1 Å². The van der Waals surface area contributed by atoms with Gasteiger partial charge in [0.25, 0.3) is 0 Å². The van der Waals surface area contributed by atoms with Crippen molar-refractivity contribution in [3.8, 4) is 5.75 Å². The molecule has 3 nitrogen and oxygen atoms in total. The van der Waals surface area contributed by atoms with Crippen LogP contribution in [0.15, 0.2) is 18.2 Å². The number of hydrogen-bond donors (Lipinski definition) is 1. The van der Waals surface area contributed by atoms with Gasteiger partial charge in [0.1, 0.15) is 5.75 Å². The van der Waals surface area contributed by atoms with Gasteiger partial charge in [-0.15, -0.1) is 0 Å². The molecule has 1 aromatic rings. The fourth-order valence-corrected chi connectivity index (χ4v) is 1.44. The highest BCUT2D eigenvalue weighted by Crippen LogP contribution is 2.20. The number of hydrazine groups is 1. The van der Waals surface area contributed by atoms with E-state index in [4.69, 9.17) is 10.6 Å². The summed E-state index contributed by atoms with van der Waals surface area (Å²) in [5.41, 5.74) is 2.44. The highest BCUT2D eigenvalue weighted by molar-refractivity contribution is 5.37. The van der Waals surface area contributed by atoms with Gasteiger partial charge in [0.05, 0.1) is 7.11 Å². The third-order valence-electron chi connectivity index (χ3n) is 2.17. The quantitative estimate of drug-likeness (QED) is 0.584. The average Bonchev–Trinajstić information content (AvgIpc) is 2.16. The van der Waals surface area contributed by atoms with Crippen molar-refractivity contribution < 1.29 is 4.74 Å². The lowest BCUT2D eigenvalue weighted by Gasteiger charge is -2.14. The minimum atomic E-state index is 0.705. The zero-order valence-corrected chi connectivity index (χ0v) is 9.08. The summed E-state index contributed by atoms with van der Waals surface area (Å²) >= 11 is 0. The first-order chi connectivity index (χ1) is 6.67. The zero-order chi connectivity index (χ0) is 10.6. The second-order valence-corrected chi connectivity index (χ2v) is 3.41. The molecule has 0 bridgehead atoms. The summed E-state index contributed by atoms with van der Waals surface area (Å²) in [7, 11) is 3.53. The van der Waals surface area contributed by atoms with Crippen molar-refractivity contribution >= 4 is 0 Å². The monoisotopic (exact) mass is 194 g/mol. The van der Waals surface area contributed by atoms with Crippen molar-refractivity contribution in [1.82, 2.24) is 5.01 Å². The van der Waals surface area contributed by atoms with Crippen molar-refractivity contribution in [2.45, 2.75) is 19.9 Å². The minimum Gasteiger partial charge on any atom is -0.496 e. The van der Waals surface area contributed by atoms with E-state index >= 15 is 0 Å². The van der Waals surface area contributed by atoms with E-state index < -0.39 is 0 Å². The Morgan fingerprint density at radius 1 is 1.43 bits per heavy atom. The van der Waals surface area contributed by atoms with Gasteiger partial charge in [-0.3, -0.25) is 5.84 Å². The van der Waals surface area contributed by atoms with E-state index in [-0.39, 0.29) is 0 Å². The van der Waals surface area contributed by atoms with Gasteiger partial charge in [-0.2, -0.15) is 0 Å². The summed E-state index contributed by atoms with van der Waals surface area (Å²) < 4.78 is 5.26. The molecule has 0 radical (unpaired) electrons. The molecule has 0 aliphatic carbocycles. The van der Waals surface area contributed by atoms with Crippen LogP contribution in [0.25, 0.3) is 0 Å². The average molecular weight is 194 g/mol. The molecule has 14 heavy (non-hydrogen) atoms. The number of methoxy groups -OCH3 is 1. The summed E-state index contributed by atoms with van der Waals surface area (Å²) in [6.07, 6.45) is 1.03. The summed E-state index contributed by atoms with van der Waals surface area (Å²) in [4.78, 5) is 0. The number of nitrogens with two attached hydrogens (primary N) is 1. The largest absolute Gasteiger partial charge is 0.496 e. The second kappa shape index (κ2) is 4.98. The van der Waals surface area contributed by atoms with Gasteiger partial charge in [0, 0.05) is 19.2 Å². The Balaban J connectivity index is 2.96. The van der Waals surface area contributed by atoms with E-state index in [0.717, 1.165) is 17.7 Å². The molecule has 0 spiro atoms. The maximum atomic E-state index is 5.62. The Morgan fingerprint density at radius 3 is 2.64 bits per heavy atom. The Hall–Kier alpha value is -1.06. The van der Waals surface area contributed by atoms with Crippen molar-refractivity contribution in [3.05, 3.63) is 29.3 Å². The molecule has 1 aromatic carbocycles. The van der Waals surface area contributed by atoms with Crippen LogP contribution in [0.4, 0.5) is 0 Å².